The van der Waals surface area contributed by atoms with Crippen LogP contribution in [0.1, 0.15) is 49.3 Å². The Hall–Kier alpha value is -3.21. The number of anilines is 1. The minimum absolute atomic E-state index is 0.0310. The van der Waals surface area contributed by atoms with Crippen LogP contribution in [0.15, 0.2) is 60.8 Å². The normalized spacial score (nSPS) is 16.2. The van der Waals surface area contributed by atoms with Crippen LogP contribution in [0.3, 0.4) is 0 Å². The van der Waals surface area contributed by atoms with E-state index in [1.807, 2.05) is 12.3 Å². The summed E-state index contributed by atoms with van der Waals surface area (Å²) in [5.74, 6) is 2.21. The monoisotopic (exact) mass is 428 g/mol. The van der Waals surface area contributed by atoms with Gasteiger partial charge in [-0.1, -0.05) is 67.9 Å². The van der Waals surface area contributed by atoms with Gasteiger partial charge < -0.3 is 10.2 Å². The smallest absolute Gasteiger partial charge is 0.225 e. The van der Waals surface area contributed by atoms with Gasteiger partial charge in [-0.05, 0) is 42.9 Å². The third-order valence-electron chi connectivity index (χ3n) is 6.18. The maximum atomic E-state index is 12.9. The first-order chi connectivity index (χ1) is 15.5. The predicted octanol–water partition coefficient (Wildman–Crippen LogP) is 5.11. The molecule has 0 radical (unpaired) electrons. The molecule has 1 saturated heterocycles. The van der Waals surface area contributed by atoms with Gasteiger partial charge in [0, 0.05) is 31.4 Å². The second-order valence-corrected chi connectivity index (χ2v) is 9.00. The van der Waals surface area contributed by atoms with Crippen molar-refractivity contribution in [2.45, 2.75) is 46.1 Å². The van der Waals surface area contributed by atoms with Gasteiger partial charge in [0.25, 0.3) is 0 Å². The number of nitrogens with one attached hydrogen (secondary N) is 1. The van der Waals surface area contributed by atoms with E-state index in [9.17, 15) is 4.79 Å². The lowest BCUT2D eigenvalue weighted by Gasteiger charge is -2.33. The average molecular weight is 429 g/mol. The highest BCUT2D eigenvalue weighted by Crippen LogP contribution is 2.24. The van der Waals surface area contributed by atoms with Gasteiger partial charge >= 0.3 is 0 Å². The number of aryl methyl sites for hydroxylation is 1. The van der Waals surface area contributed by atoms with Gasteiger partial charge in [-0.15, -0.1) is 0 Å². The molecule has 5 nitrogen and oxygen atoms in total. The summed E-state index contributed by atoms with van der Waals surface area (Å²) in [6.45, 7) is 8.60. The quantitative estimate of drug-likeness (QED) is 0.593. The van der Waals surface area contributed by atoms with Crippen LogP contribution in [0.2, 0.25) is 0 Å². The third-order valence-corrected chi connectivity index (χ3v) is 6.18. The lowest BCUT2D eigenvalue weighted by molar-refractivity contribution is -0.125. The van der Waals surface area contributed by atoms with Gasteiger partial charge in [-0.3, -0.25) is 4.79 Å². The largest absolute Gasteiger partial charge is 0.356 e. The summed E-state index contributed by atoms with van der Waals surface area (Å²) in [4.78, 5) is 24.3. The van der Waals surface area contributed by atoms with Crippen molar-refractivity contribution in [1.29, 1.82) is 0 Å². The lowest BCUT2D eigenvalue weighted by Crippen LogP contribution is -2.43. The number of piperidine rings is 1. The van der Waals surface area contributed by atoms with Crippen molar-refractivity contribution in [3.8, 4) is 11.4 Å². The zero-order chi connectivity index (χ0) is 22.5. The van der Waals surface area contributed by atoms with Gasteiger partial charge in [0.05, 0.1) is 5.92 Å². The van der Waals surface area contributed by atoms with Crippen molar-refractivity contribution < 1.29 is 4.79 Å². The van der Waals surface area contributed by atoms with E-state index in [1.54, 1.807) is 0 Å². The zero-order valence-corrected chi connectivity index (χ0v) is 19.2. The molecule has 2 heterocycles. The Morgan fingerprint density at radius 3 is 2.56 bits per heavy atom. The molecule has 2 aromatic carbocycles. The Bertz CT molecular complexity index is 1040. The number of carbonyl (C=O) groups excluding carboxylic acids is 1. The molecule has 166 valence electrons. The Morgan fingerprint density at radius 1 is 1.09 bits per heavy atom. The molecule has 1 N–H and O–H groups in total. The summed E-state index contributed by atoms with van der Waals surface area (Å²) < 4.78 is 0. The molecule has 0 aliphatic carbocycles. The van der Waals surface area contributed by atoms with Crippen LogP contribution in [-0.4, -0.2) is 29.0 Å². The number of rotatable bonds is 6. The topological polar surface area (TPSA) is 58.1 Å². The molecule has 1 amide bonds. The van der Waals surface area contributed by atoms with Crippen molar-refractivity contribution in [3.05, 3.63) is 77.5 Å². The van der Waals surface area contributed by atoms with E-state index in [-0.39, 0.29) is 11.8 Å². The van der Waals surface area contributed by atoms with Crippen LogP contribution in [0, 0.1) is 12.8 Å². The van der Waals surface area contributed by atoms with Crippen LogP contribution in [-0.2, 0) is 11.3 Å². The number of carbonyl (C=O) groups is 1. The Labute approximate surface area is 190 Å². The van der Waals surface area contributed by atoms with E-state index in [2.05, 4.69) is 84.5 Å². The van der Waals surface area contributed by atoms with Gasteiger partial charge in [-0.2, -0.15) is 0 Å². The molecule has 0 saturated carbocycles. The summed E-state index contributed by atoms with van der Waals surface area (Å²) in [5.41, 5.74) is 4.67. The molecule has 0 spiro atoms. The average Bonchev–Trinajstić information content (AvgIpc) is 2.83. The van der Waals surface area contributed by atoms with Crippen molar-refractivity contribution in [3.63, 3.8) is 0 Å². The molecule has 1 aliphatic heterocycles. The van der Waals surface area contributed by atoms with Crippen LogP contribution in [0.5, 0.6) is 0 Å². The first kappa shape index (κ1) is 22.0. The lowest BCUT2D eigenvalue weighted by atomic mass is 9.97. The molecule has 1 aliphatic rings. The van der Waals surface area contributed by atoms with Crippen LogP contribution in [0.25, 0.3) is 11.4 Å². The fourth-order valence-electron chi connectivity index (χ4n) is 4.12. The highest BCUT2D eigenvalue weighted by molar-refractivity contribution is 5.79. The van der Waals surface area contributed by atoms with E-state index >= 15 is 0 Å². The first-order valence-electron chi connectivity index (χ1n) is 11.5. The summed E-state index contributed by atoms with van der Waals surface area (Å²) in [6, 6.07) is 18.7. The minimum atomic E-state index is -0.0310. The molecule has 0 unspecified atom stereocenters. The van der Waals surface area contributed by atoms with E-state index in [4.69, 9.17) is 4.98 Å². The van der Waals surface area contributed by atoms with E-state index in [0.29, 0.717) is 19.0 Å². The Balaban J connectivity index is 1.38. The van der Waals surface area contributed by atoms with Crippen molar-refractivity contribution in [2.24, 2.45) is 5.92 Å². The maximum Gasteiger partial charge on any atom is 0.225 e. The van der Waals surface area contributed by atoms with Gasteiger partial charge in [0.15, 0.2) is 5.82 Å². The molecule has 1 atom stereocenters. The molecule has 1 fully saturated rings. The fraction of sp³-hybridized carbons (Fsp3) is 0.370. The Morgan fingerprint density at radius 2 is 1.84 bits per heavy atom. The molecule has 3 aromatic rings. The summed E-state index contributed by atoms with van der Waals surface area (Å²) in [7, 11) is 0. The Kier molecular flexibility index (Phi) is 6.84. The summed E-state index contributed by atoms with van der Waals surface area (Å²) in [5, 5.41) is 3.13. The SMILES string of the molecule is Cc1ccc(-c2nccc(N3CCC[C@@H](C(=O)NCc4ccc(C(C)C)cc4)C3)n2)cc1. The molecule has 5 heteroatoms. The molecular weight excluding hydrogens is 396 g/mol. The van der Waals surface area contributed by atoms with E-state index in [0.717, 1.165) is 42.2 Å². The number of hydrogen-bond donors (Lipinski definition) is 1. The van der Waals surface area contributed by atoms with Gasteiger partial charge in [-0.25, -0.2) is 9.97 Å². The number of benzene rings is 2. The molecular formula is C27H32N4O. The van der Waals surface area contributed by atoms with E-state index < -0.39 is 0 Å². The number of hydrogen-bond acceptors (Lipinski definition) is 4. The summed E-state index contributed by atoms with van der Waals surface area (Å²) in [6.07, 6.45) is 3.69. The summed E-state index contributed by atoms with van der Waals surface area (Å²) >= 11 is 0. The van der Waals surface area contributed by atoms with Crippen LogP contribution < -0.4 is 10.2 Å². The highest BCUT2D eigenvalue weighted by atomic mass is 16.1. The molecule has 32 heavy (non-hydrogen) atoms. The van der Waals surface area contributed by atoms with E-state index in [1.165, 1.54) is 11.1 Å². The molecule has 1 aromatic heterocycles. The standard InChI is InChI=1S/C27H32N4O/c1-19(2)22-12-8-21(9-13-22)17-29-27(32)24-5-4-16-31(18-24)25-14-15-28-26(30-25)23-10-6-20(3)7-11-23/h6-15,19,24H,4-5,16-18H2,1-3H3,(H,29,32)/t24-/m1/s1. The molecule has 4 rings (SSSR count). The number of amides is 1. The van der Waals surface area contributed by atoms with Crippen molar-refractivity contribution in [1.82, 2.24) is 15.3 Å². The fourth-order valence-corrected chi connectivity index (χ4v) is 4.12. The van der Waals surface area contributed by atoms with Crippen molar-refractivity contribution in [2.75, 3.05) is 18.0 Å². The zero-order valence-electron chi connectivity index (χ0n) is 19.2. The minimum Gasteiger partial charge on any atom is -0.356 e. The first-order valence-corrected chi connectivity index (χ1v) is 11.5. The maximum absolute atomic E-state index is 12.9. The highest BCUT2D eigenvalue weighted by Gasteiger charge is 2.26. The second-order valence-electron chi connectivity index (χ2n) is 9.00. The second kappa shape index (κ2) is 9.94. The van der Waals surface area contributed by atoms with Crippen LogP contribution in [0.4, 0.5) is 5.82 Å². The van der Waals surface area contributed by atoms with Crippen molar-refractivity contribution >= 4 is 11.7 Å². The van der Waals surface area contributed by atoms with Crippen LogP contribution >= 0.6 is 0 Å². The van der Waals surface area contributed by atoms with Gasteiger partial charge in [0.2, 0.25) is 5.91 Å². The number of aromatic nitrogens is 2. The predicted molar refractivity (Wildman–Crippen MR) is 130 cm³/mol. The number of nitrogens with zero attached hydrogens (tertiary/aromatic N) is 3. The molecule has 0 bridgehead atoms. The third kappa shape index (κ3) is 5.34. The van der Waals surface area contributed by atoms with Gasteiger partial charge in [0.1, 0.15) is 5.82 Å².